The highest BCUT2D eigenvalue weighted by molar-refractivity contribution is 9.10. The van der Waals surface area contributed by atoms with Crippen LogP contribution in [0.4, 0.5) is 45.2 Å². The molecule has 5 nitrogen and oxygen atoms in total. The minimum Gasteiger partial charge on any atom is -0.474 e. The van der Waals surface area contributed by atoms with E-state index >= 15 is 0 Å². The number of benzene rings is 1. The summed E-state index contributed by atoms with van der Waals surface area (Å²) in [6, 6.07) is -2.19. The number of aliphatic imine (C=N–C) groups is 1. The summed E-state index contributed by atoms with van der Waals surface area (Å²) in [4.78, 5) is 4.59. The van der Waals surface area contributed by atoms with Crippen molar-refractivity contribution in [3.63, 3.8) is 0 Å². The molecule has 0 saturated carbocycles. The molecule has 15 heteroatoms. The first-order chi connectivity index (χ1) is 15.4. The quantitative estimate of drug-likeness (QED) is 0.164. The van der Waals surface area contributed by atoms with Crippen LogP contribution in [0.2, 0.25) is 0 Å². The number of halogens is 10. The summed E-state index contributed by atoms with van der Waals surface area (Å²) in [5, 5.41) is 0. The lowest BCUT2D eigenvalue weighted by atomic mass is 10.1. The normalized spacial score (nSPS) is 15.5. The van der Waals surface area contributed by atoms with Gasteiger partial charge in [0.25, 0.3) is 0 Å². The van der Waals surface area contributed by atoms with E-state index in [1.165, 1.54) is 21.0 Å². The first-order valence-electron chi connectivity index (χ1n) is 9.40. The fraction of sp³-hybridized carbons (Fsp3) is 0.526. The van der Waals surface area contributed by atoms with Gasteiger partial charge in [0.15, 0.2) is 5.88 Å². The molecule has 0 saturated heterocycles. The number of hydrogen-bond donors (Lipinski definition) is 1. The maximum atomic E-state index is 13.2. The molecule has 0 heterocycles. The van der Waals surface area contributed by atoms with Gasteiger partial charge < -0.3 is 20.1 Å². The molecule has 0 amide bonds. The number of hydrogen-bond acceptors (Lipinski definition) is 4. The van der Waals surface area contributed by atoms with E-state index < -0.39 is 57.8 Å². The van der Waals surface area contributed by atoms with E-state index in [0.29, 0.717) is 12.1 Å². The summed E-state index contributed by atoms with van der Waals surface area (Å²) < 4.78 is 127. The Morgan fingerprint density at radius 2 is 1.71 bits per heavy atom. The molecule has 0 aliphatic heterocycles. The van der Waals surface area contributed by atoms with Crippen LogP contribution < -0.4 is 5.73 Å². The Morgan fingerprint density at radius 1 is 1.12 bits per heavy atom. The Kier molecular flexibility index (Phi) is 10.3. The highest BCUT2D eigenvalue weighted by Crippen LogP contribution is 2.43. The Morgan fingerprint density at radius 3 is 2.15 bits per heavy atom. The molecule has 2 atom stereocenters. The number of methoxy groups -OCH3 is 1. The number of nitrogens with two attached hydrogens (primary N) is 1. The predicted octanol–water partition coefficient (Wildman–Crippen LogP) is 6.25. The largest absolute Gasteiger partial charge is 0.474 e. The molecule has 1 aromatic carbocycles. The number of rotatable bonds is 9. The van der Waals surface area contributed by atoms with Gasteiger partial charge in [-0.05, 0) is 41.9 Å². The lowest BCUT2D eigenvalue weighted by Gasteiger charge is -2.26. The van der Waals surface area contributed by atoms with Crippen molar-refractivity contribution in [1.29, 1.82) is 0 Å². The van der Waals surface area contributed by atoms with Crippen LogP contribution >= 0.6 is 15.9 Å². The minimum absolute atomic E-state index is 0.0403. The standard InChI is InChI=1S/C19H21BrF9N3O2/c1-4-32(15(34-10(2)8-33-3)7-14(30)19(27,28)29)9-31-13-6-11(17(21,22)23)5-12(16(13)20)18(24,25)26/h5-7,9-10,14H,4,8,30H2,1-3H3/b15-7+,31-9?. The fourth-order valence-corrected chi connectivity index (χ4v) is 2.98. The molecule has 2 unspecified atom stereocenters. The molecule has 0 aliphatic rings. The van der Waals surface area contributed by atoms with Crippen molar-refractivity contribution in [1.82, 2.24) is 4.90 Å². The summed E-state index contributed by atoms with van der Waals surface area (Å²) in [5.41, 5.74) is 1.12. The van der Waals surface area contributed by atoms with Crippen LogP contribution in [0.3, 0.4) is 0 Å². The topological polar surface area (TPSA) is 60.1 Å². The summed E-state index contributed by atoms with van der Waals surface area (Å²) in [6.45, 7) is 2.73. The molecule has 0 bridgehead atoms. The van der Waals surface area contributed by atoms with Crippen molar-refractivity contribution in [2.45, 2.75) is 44.5 Å². The zero-order chi connectivity index (χ0) is 26.5. The monoisotopic (exact) mass is 573 g/mol. The highest BCUT2D eigenvalue weighted by Gasteiger charge is 2.39. The van der Waals surface area contributed by atoms with Crippen LogP contribution in [0, 0.1) is 0 Å². The predicted molar refractivity (Wildman–Crippen MR) is 109 cm³/mol. The van der Waals surface area contributed by atoms with Gasteiger partial charge in [0.1, 0.15) is 12.1 Å². The molecule has 0 spiro atoms. The Hall–Kier alpha value is -2.00. The smallest absolute Gasteiger partial charge is 0.417 e. The van der Waals surface area contributed by atoms with Crippen molar-refractivity contribution in [3.8, 4) is 0 Å². The van der Waals surface area contributed by atoms with Crippen LogP contribution in [-0.4, -0.2) is 49.8 Å². The zero-order valence-electron chi connectivity index (χ0n) is 17.9. The summed E-state index contributed by atoms with van der Waals surface area (Å²) in [6.07, 6.45) is -14.6. The minimum atomic E-state index is -5.14. The van der Waals surface area contributed by atoms with E-state index in [0.717, 1.165) is 11.2 Å². The molecular weight excluding hydrogens is 553 g/mol. The Balaban J connectivity index is 3.53. The van der Waals surface area contributed by atoms with Gasteiger partial charge >= 0.3 is 18.5 Å². The fourth-order valence-electron chi connectivity index (χ4n) is 2.42. The van der Waals surface area contributed by atoms with Gasteiger partial charge in [-0.25, -0.2) is 4.99 Å². The molecule has 0 aliphatic carbocycles. The van der Waals surface area contributed by atoms with Gasteiger partial charge in [0.2, 0.25) is 0 Å². The molecule has 0 fully saturated rings. The lowest BCUT2D eigenvalue weighted by molar-refractivity contribution is -0.143. The zero-order valence-corrected chi connectivity index (χ0v) is 19.5. The van der Waals surface area contributed by atoms with Crippen molar-refractivity contribution >= 4 is 28.0 Å². The van der Waals surface area contributed by atoms with Gasteiger partial charge in [-0.2, -0.15) is 39.5 Å². The maximum Gasteiger partial charge on any atom is 0.417 e. The van der Waals surface area contributed by atoms with Crippen LogP contribution in [0.25, 0.3) is 0 Å². The first kappa shape index (κ1) is 30.0. The van der Waals surface area contributed by atoms with Crippen molar-refractivity contribution in [2.75, 3.05) is 20.3 Å². The van der Waals surface area contributed by atoms with Crippen molar-refractivity contribution < 1.29 is 49.0 Å². The molecule has 0 radical (unpaired) electrons. The second-order valence-corrected chi connectivity index (χ2v) is 7.63. The second kappa shape index (κ2) is 11.6. The molecule has 2 N–H and O–H groups in total. The molecule has 1 aromatic rings. The SMILES string of the molecule is CCN(C=Nc1cc(C(F)(F)F)cc(C(F)(F)F)c1Br)/C(=C\C(N)C(F)(F)F)OC(C)COC. The second-order valence-electron chi connectivity index (χ2n) is 6.84. The van der Waals surface area contributed by atoms with Gasteiger partial charge in [-0.15, -0.1) is 0 Å². The van der Waals surface area contributed by atoms with Gasteiger partial charge in [-0.1, -0.05) is 0 Å². The van der Waals surface area contributed by atoms with E-state index in [1.807, 2.05) is 0 Å². The maximum absolute atomic E-state index is 13.2. The van der Waals surface area contributed by atoms with Gasteiger partial charge in [-0.3, -0.25) is 0 Å². The first-order valence-corrected chi connectivity index (χ1v) is 10.2. The molecule has 194 valence electrons. The third kappa shape index (κ3) is 8.65. The Bertz CT molecular complexity index is 883. The Labute approximate surface area is 197 Å². The van der Waals surface area contributed by atoms with E-state index in [-0.39, 0.29) is 19.2 Å². The third-order valence-electron chi connectivity index (χ3n) is 4.07. The van der Waals surface area contributed by atoms with Gasteiger partial charge in [0, 0.05) is 19.7 Å². The number of alkyl halides is 9. The van der Waals surface area contributed by atoms with Crippen molar-refractivity contribution in [2.24, 2.45) is 10.7 Å². The van der Waals surface area contributed by atoms with E-state index in [4.69, 9.17) is 15.2 Å². The summed E-state index contributed by atoms with van der Waals surface area (Å²) >= 11 is 2.60. The van der Waals surface area contributed by atoms with Crippen LogP contribution in [0.5, 0.6) is 0 Å². The third-order valence-corrected chi connectivity index (χ3v) is 4.90. The number of ether oxygens (including phenoxy) is 2. The molecule has 0 aromatic heterocycles. The van der Waals surface area contributed by atoms with E-state index in [1.54, 1.807) is 0 Å². The van der Waals surface area contributed by atoms with Crippen molar-refractivity contribution in [3.05, 3.63) is 39.7 Å². The molecular formula is C19H21BrF9N3O2. The van der Waals surface area contributed by atoms with Crippen LogP contribution in [-0.2, 0) is 21.8 Å². The summed E-state index contributed by atoms with van der Waals surface area (Å²) in [5.74, 6) is -0.472. The van der Waals surface area contributed by atoms with E-state index in [2.05, 4.69) is 20.9 Å². The average Bonchev–Trinajstić information content (AvgIpc) is 2.66. The van der Waals surface area contributed by atoms with Gasteiger partial charge in [0.05, 0.1) is 34.2 Å². The van der Waals surface area contributed by atoms with Crippen LogP contribution in [0.1, 0.15) is 25.0 Å². The average molecular weight is 574 g/mol. The number of nitrogens with zero attached hydrogens (tertiary/aromatic N) is 2. The molecule has 34 heavy (non-hydrogen) atoms. The lowest BCUT2D eigenvalue weighted by Crippen LogP contribution is -2.38. The van der Waals surface area contributed by atoms with Crippen LogP contribution in [0.15, 0.2) is 33.6 Å². The van der Waals surface area contributed by atoms with E-state index in [9.17, 15) is 39.5 Å². The summed E-state index contributed by atoms with van der Waals surface area (Å²) in [7, 11) is 1.31. The highest BCUT2D eigenvalue weighted by atomic mass is 79.9. The molecule has 1 rings (SSSR count).